The zero-order valence-electron chi connectivity index (χ0n) is 8.74. The van der Waals surface area contributed by atoms with Gasteiger partial charge in [-0.15, -0.1) is 0 Å². The maximum Gasteiger partial charge on any atom is 0.223 e. The average Bonchev–Trinajstić information content (AvgIpc) is 1.98. The Morgan fingerprint density at radius 1 is 1.53 bits per heavy atom. The van der Waals surface area contributed by atoms with Gasteiger partial charge in [-0.05, 0) is 20.3 Å². The van der Waals surface area contributed by atoms with Gasteiger partial charge in [-0.3, -0.25) is 0 Å². The second-order valence-electron chi connectivity index (χ2n) is 3.56. The zero-order chi connectivity index (χ0) is 11.4. The monoisotopic (exact) mass is 230 g/mol. The summed E-state index contributed by atoms with van der Waals surface area (Å²) in [5.74, 6) is 0.704. The molecular formula is C9H15ClN4O. The van der Waals surface area contributed by atoms with Crippen LogP contribution in [0.1, 0.15) is 20.3 Å². The number of anilines is 2. The molecule has 2 atom stereocenters. The molecule has 0 fully saturated rings. The maximum atomic E-state index is 9.19. The van der Waals surface area contributed by atoms with Crippen molar-refractivity contribution in [3.8, 4) is 0 Å². The molecule has 6 heteroatoms. The molecule has 0 aliphatic rings. The van der Waals surface area contributed by atoms with Gasteiger partial charge in [0.05, 0.1) is 6.10 Å². The molecule has 1 aromatic rings. The Balaban J connectivity index is 2.63. The van der Waals surface area contributed by atoms with Crippen LogP contribution in [0.15, 0.2) is 6.07 Å². The van der Waals surface area contributed by atoms with Crippen LogP contribution in [-0.2, 0) is 0 Å². The first kappa shape index (κ1) is 12.0. The van der Waals surface area contributed by atoms with E-state index in [1.54, 1.807) is 13.0 Å². The maximum absolute atomic E-state index is 9.19. The van der Waals surface area contributed by atoms with E-state index in [4.69, 9.17) is 17.3 Å². The second kappa shape index (κ2) is 5.14. The Morgan fingerprint density at radius 3 is 2.73 bits per heavy atom. The topological polar surface area (TPSA) is 84.1 Å². The van der Waals surface area contributed by atoms with E-state index in [-0.39, 0.29) is 18.1 Å². The van der Waals surface area contributed by atoms with Crippen LogP contribution in [0.25, 0.3) is 0 Å². The van der Waals surface area contributed by atoms with Gasteiger partial charge >= 0.3 is 0 Å². The zero-order valence-corrected chi connectivity index (χ0v) is 9.49. The van der Waals surface area contributed by atoms with Gasteiger partial charge in [-0.25, -0.2) is 4.98 Å². The van der Waals surface area contributed by atoms with Crippen molar-refractivity contribution in [1.82, 2.24) is 9.97 Å². The lowest BCUT2D eigenvalue weighted by Crippen LogP contribution is -2.21. The number of aliphatic hydroxyl groups excluding tert-OH is 1. The molecule has 0 radical (unpaired) electrons. The van der Waals surface area contributed by atoms with Crippen LogP contribution in [0, 0.1) is 0 Å². The molecule has 4 N–H and O–H groups in total. The Hall–Kier alpha value is -1.07. The number of rotatable bonds is 4. The molecule has 1 rings (SSSR count). The lowest BCUT2D eigenvalue weighted by molar-refractivity contribution is 0.179. The summed E-state index contributed by atoms with van der Waals surface area (Å²) in [6.07, 6.45) is 0.267. The second-order valence-corrected chi connectivity index (χ2v) is 3.95. The Labute approximate surface area is 93.7 Å². The molecule has 0 aliphatic heterocycles. The highest BCUT2D eigenvalue weighted by atomic mass is 35.5. The molecule has 5 nitrogen and oxygen atoms in total. The Morgan fingerprint density at radius 2 is 2.20 bits per heavy atom. The summed E-state index contributed by atoms with van der Waals surface area (Å²) in [5.41, 5.74) is 5.44. The summed E-state index contributed by atoms with van der Waals surface area (Å²) < 4.78 is 0. The van der Waals surface area contributed by atoms with Crippen LogP contribution in [0.3, 0.4) is 0 Å². The van der Waals surface area contributed by atoms with Gasteiger partial charge in [0.2, 0.25) is 5.95 Å². The number of nitrogens with one attached hydrogen (secondary N) is 1. The van der Waals surface area contributed by atoms with E-state index in [1.165, 1.54) is 0 Å². The molecule has 1 heterocycles. The van der Waals surface area contributed by atoms with Crippen LogP contribution < -0.4 is 11.1 Å². The van der Waals surface area contributed by atoms with Crippen LogP contribution in [0.5, 0.6) is 0 Å². The van der Waals surface area contributed by atoms with Gasteiger partial charge in [0.25, 0.3) is 0 Å². The Kier molecular flexibility index (Phi) is 4.11. The number of halogens is 1. The van der Waals surface area contributed by atoms with E-state index < -0.39 is 0 Å². The number of nitrogen functional groups attached to an aromatic ring is 1. The van der Waals surface area contributed by atoms with Crippen molar-refractivity contribution in [3.63, 3.8) is 0 Å². The molecule has 0 aromatic carbocycles. The van der Waals surface area contributed by atoms with Crippen LogP contribution in [-0.4, -0.2) is 27.2 Å². The lowest BCUT2D eigenvalue weighted by atomic mass is 10.1. The first-order chi connectivity index (χ1) is 6.97. The van der Waals surface area contributed by atoms with Crippen molar-refractivity contribution in [2.24, 2.45) is 0 Å². The SMILES string of the molecule is CC(O)CC(C)Nc1cc(Cl)nc(N)n1. The van der Waals surface area contributed by atoms with Crippen LogP contribution >= 0.6 is 11.6 Å². The summed E-state index contributed by atoms with van der Waals surface area (Å²) in [5, 5.41) is 12.6. The van der Waals surface area contributed by atoms with E-state index in [9.17, 15) is 5.11 Å². The minimum Gasteiger partial charge on any atom is -0.393 e. The van der Waals surface area contributed by atoms with Crippen molar-refractivity contribution in [1.29, 1.82) is 0 Å². The fourth-order valence-electron chi connectivity index (χ4n) is 1.33. The molecule has 0 amide bonds. The van der Waals surface area contributed by atoms with Gasteiger partial charge in [0.1, 0.15) is 11.0 Å². The summed E-state index contributed by atoms with van der Waals surface area (Å²) in [6.45, 7) is 3.68. The molecular weight excluding hydrogens is 216 g/mol. The van der Waals surface area contributed by atoms with E-state index in [0.717, 1.165) is 0 Å². The highest BCUT2D eigenvalue weighted by Crippen LogP contribution is 2.14. The lowest BCUT2D eigenvalue weighted by Gasteiger charge is -2.15. The minimum absolute atomic E-state index is 0.0929. The van der Waals surface area contributed by atoms with E-state index in [2.05, 4.69) is 15.3 Å². The normalized spacial score (nSPS) is 14.7. The van der Waals surface area contributed by atoms with Crippen molar-refractivity contribution < 1.29 is 5.11 Å². The predicted molar refractivity (Wildman–Crippen MR) is 60.8 cm³/mol. The first-order valence-electron chi connectivity index (χ1n) is 4.72. The molecule has 0 aliphatic carbocycles. The standard InChI is InChI=1S/C9H15ClN4O/c1-5(3-6(2)15)12-8-4-7(10)13-9(11)14-8/h4-6,15H,3H2,1-2H3,(H3,11,12,13,14). The van der Waals surface area contributed by atoms with Crippen LogP contribution in [0.2, 0.25) is 5.15 Å². The molecule has 2 unspecified atom stereocenters. The molecule has 0 spiro atoms. The number of nitrogens with two attached hydrogens (primary N) is 1. The molecule has 0 saturated heterocycles. The van der Waals surface area contributed by atoms with Gasteiger partial charge in [0, 0.05) is 12.1 Å². The molecule has 15 heavy (non-hydrogen) atoms. The number of aromatic nitrogens is 2. The fraction of sp³-hybridized carbons (Fsp3) is 0.556. The summed E-state index contributed by atoms with van der Waals surface area (Å²) in [4.78, 5) is 7.72. The third-order valence-electron chi connectivity index (χ3n) is 1.80. The molecule has 0 saturated carbocycles. The average molecular weight is 231 g/mol. The van der Waals surface area contributed by atoms with E-state index in [0.29, 0.717) is 17.4 Å². The fourth-order valence-corrected chi connectivity index (χ4v) is 1.52. The smallest absolute Gasteiger partial charge is 0.223 e. The number of hydrogen-bond acceptors (Lipinski definition) is 5. The summed E-state index contributed by atoms with van der Waals surface area (Å²) >= 11 is 5.72. The largest absolute Gasteiger partial charge is 0.393 e. The van der Waals surface area contributed by atoms with Crippen LogP contribution in [0.4, 0.5) is 11.8 Å². The summed E-state index contributed by atoms with van der Waals surface area (Å²) in [6, 6.07) is 1.69. The minimum atomic E-state index is -0.359. The quantitative estimate of drug-likeness (QED) is 0.679. The predicted octanol–water partition coefficient (Wildman–Crippen LogP) is 1.28. The first-order valence-corrected chi connectivity index (χ1v) is 5.10. The van der Waals surface area contributed by atoms with Crippen molar-refractivity contribution in [3.05, 3.63) is 11.2 Å². The molecule has 1 aromatic heterocycles. The van der Waals surface area contributed by atoms with Crippen molar-refractivity contribution in [2.45, 2.75) is 32.4 Å². The molecule has 0 bridgehead atoms. The number of nitrogens with zero attached hydrogens (tertiary/aromatic N) is 2. The van der Waals surface area contributed by atoms with Gasteiger partial charge in [-0.2, -0.15) is 4.98 Å². The Bertz CT molecular complexity index is 312. The third-order valence-corrected chi connectivity index (χ3v) is 1.99. The van der Waals surface area contributed by atoms with E-state index >= 15 is 0 Å². The van der Waals surface area contributed by atoms with E-state index in [1.807, 2.05) is 6.92 Å². The number of aliphatic hydroxyl groups is 1. The van der Waals surface area contributed by atoms with Gasteiger partial charge < -0.3 is 16.2 Å². The highest BCUT2D eigenvalue weighted by Gasteiger charge is 2.07. The van der Waals surface area contributed by atoms with Crippen molar-refractivity contribution in [2.75, 3.05) is 11.1 Å². The summed E-state index contributed by atoms with van der Waals surface area (Å²) in [7, 11) is 0. The van der Waals surface area contributed by atoms with Gasteiger partial charge in [-0.1, -0.05) is 11.6 Å². The highest BCUT2D eigenvalue weighted by molar-refractivity contribution is 6.29. The molecule has 84 valence electrons. The third kappa shape index (κ3) is 4.31. The number of hydrogen-bond donors (Lipinski definition) is 3. The van der Waals surface area contributed by atoms with Gasteiger partial charge in [0.15, 0.2) is 0 Å². The van der Waals surface area contributed by atoms with Crippen molar-refractivity contribution >= 4 is 23.4 Å².